The predicted molar refractivity (Wildman–Crippen MR) is 108 cm³/mol. The van der Waals surface area contributed by atoms with Crippen LogP contribution >= 0.6 is 11.6 Å². The average Bonchev–Trinajstić information content (AvgIpc) is 3.37. The second-order valence-corrected chi connectivity index (χ2v) is 6.48. The molecule has 4 aromatic heterocycles. The van der Waals surface area contributed by atoms with Crippen molar-refractivity contribution in [2.75, 3.05) is 0 Å². The molecule has 0 aliphatic rings. The SMILES string of the molecule is OCc1cnc2ccc(-c3ccccc3)nn12.OCc1cnc2ccc(Cl)nn12. The number of fused-ring (bicyclic) bond motifs is 2. The third-order valence-corrected chi connectivity index (χ3v) is 4.43. The fourth-order valence-electron chi connectivity index (χ4n) is 2.80. The fourth-order valence-corrected chi connectivity index (χ4v) is 2.94. The number of aromatic nitrogens is 6. The zero-order chi connectivity index (χ0) is 20.2. The van der Waals surface area contributed by atoms with Gasteiger partial charge in [0.25, 0.3) is 0 Å². The maximum atomic E-state index is 9.19. The molecule has 2 N–H and O–H groups in total. The van der Waals surface area contributed by atoms with E-state index in [1.165, 1.54) is 4.52 Å². The summed E-state index contributed by atoms with van der Waals surface area (Å²) in [7, 11) is 0. The first kappa shape index (κ1) is 19.0. The van der Waals surface area contributed by atoms with Crippen LogP contribution in [0, 0.1) is 0 Å². The Labute approximate surface area is 170 Å². The van der Waals surface area contributed by atoms with Crippen LogP contribution in [-0.4, -0.2) is 39.4 Å². The highest BCUT2D eigenvalue weighted by Crippen LogP contribution is 2.17. The van der Waals surface area contributed by atoms with Gasteiger partial charge in [-0.3, -0.25) is 0 Å². The van der Waals surface area contributed by atoms with Crippen molar-refractivity contribution in [1.82, 2.24) is 29.2 Å². The van der Waals surface area contributed by atoms with E-state index < -0.39 is 0 Å². The van der Waals surface area contributed by atoms with Crippen molar-refractivity contribution in [2.45, 2.75) is 13.2 Å². The molecule has 0 amide bonds. The van der Waals surface area contributed by atoms with Gasteiger partial charge in [0.1, 0.15) is 5.15 Å². The summed E-state index contributed by atoms with van der Waals surface area (Å²) >= 11 is 5.66. The van der Waals surface area contributed by atoms with Crippen molar-refractivity contribution in [3.05, 3.63) is 83.5 Å². The van der Waals surface area contributed by atoms with E-state index in [0.29, 0.717) is 22.2 Å². The van der Waals surface area contributed by atoms with Crippen LogP contribution < -0.4 is 0 Å². The lowest BCUT2D eigenvalue weighted by molar-refractivity contribution is 0.274. The van der Waals surface area contributed by atoms with Crippen molar-refractivity contribution in [3.63, 3.8) is 0 Å². The summed E-state index contributed by atoms with van der Waals surface area (Å²) in [5.74, 6) is 0. The lowest BCUT2D eigenvalue weighted by Crippen LogP contribution is -1.98. The Morgan fingerprint density at radius 2 is 1.31 bits per heavy atom. The molecule has 5 rings (SSSR count). The molecular weight excluding hydrogens is 392 g/mol. The van der Waals surface area contributed by atoms with Crippen LogP contribution in [0.15, 0.2) is 67.0 Å². The van der Waals surface area contributed by atoms with Gasteiger partial charge in [0, 0.05) is 5.56 Å². The maximum Gasteiger partial charge on any atom is 0.153 e. The smallest absolute Gasteiger partial charge is 0.153 e. The summed E-state index contributed by atoms with van der Waals surface area (Å²) in [5, 5.41) is 26.9. The van der Waals surface area contributed by atoms with Crippen LogP contribution in [0.25, 0.3) is 22.6 Å². The number of benzene rings is 1. The minimum atomic E-state index is -0.0888. The molecule has 8 nitrogen and oxygen atoms in total. The molecule has 146 valence electrons. The first-order valence-corrected chi connectivity index (χ1v) is 9.17. The molecule has 5 aromatic rings. The van der Waals surface area contributed by atoms with Crippen molar-refractivity contribution >= 4 is 22.9 Å². The highest BCUT2D eigenvalue weighted by molar-refractivity contribution is 6.29. The van der Waals surface area contributed by atoms with Crippen molar-refractivity contribution in [2.24, 2.45) is 0 Å². The molecule has 0 aliphatic heterocycles. The monoisotopic (exact) mass is 408 g/mol. The molecule has 0 atom stereocenters. The van der Waals surface area contributed by atoms with Gasteiger partial charge in [0.15, 0.2) is 11.3 Å². The minimum absolute atomic E-state index is 0.0631. The van der Waals surface area contributed by atoms with Crippen LogP contribution in [0.1, 0.15) is 11.4 Å². The first-order valence-electron chi connectivity index (χ1n) is 8.79. The van der Waals surface area contributed by atoms with E-state index in [9.17, 15) is 5.11 Å². The second-order valence-electron chi connectivity index (χ2n) is 6.10. The van der Waals surface area contributed by atoms with E-state index in [1.807, 2.05) is 42.5 Å². The largest absolute Gasteiger partial charge is 0.390 e. The van der Waals surface area contributed by atoms with Crippen molar-refractivity contribution in [3.8, 4) is 11.3 Å². The van der Waals surface area contributed by atoms with E-state index in [4.69, 9.17) is 16.7 Å². The summed E-state index contributed by atoms with van der Waals surface area (Å²) in [6.07, 6.45) is 3.20. The molecule has 9 heteroatoms. The van der Waals surface area contributed by atoms with Crippen molar-refractivity contribution in [1.29, 1.82) is 0 Å². The van der Waals surface area contributed by atoms with Crippen LogP contribution in [-0.2, 0) is 13.2 Å². The molecule has 0 spiro atoms. The molecule has 4 heterocycles. The zero-order valence-electron chi connectivity index (χ0n) is 15.2. The van der Waals surface area contributed by atoms with Crippen LogP contribution in [0.4, 0.5) is 0 Å². The quantitative estimate of drug-likeness (QED) is 0.476. The summed E-state index contributed by atoms with van der Waals surface area (Å²) < 4.78 is 3.19. The highest BCUT2D eigenvalue weighted by Gasteiger charge is 2.05. The lowest BCUT2D eigenvalue weighted by atomic mass is 10.1. The number of nitrogens with zero attached hydrogens (tertiary/aromatic N) is 6. The summed E-state index contributed by atoms with van der Waals surface area (Å²) in [6, 6.07) is 17.2. The van der Waals surface area contributed by atoms with Gasteiger partial charge in [-0.25, -0.2) is 19.0 Å². The van der Waals surface area contributed by atoms with E-state index in [-0.39, 0.29) is 13.2 Å². The van der Waals surface area contributed by atoms with Gasteiger partial charge in [-0.1, -0.05) is 41.9 Å². The van der Waals surface area contributed by atoms with Crippen LogP contribution in [0.3, 0.4) is 0 Å². The van der Waals surface area contributed by atoms with Gasteiger partial charge in [0.05, 0.1) is 42.7 Å². The Balaban J connectivity index is 0.000000150. The Morgan fingerprint density at radius 3 is 1.93 bits per heavy atom. The predicted octanol–water partition coefficient (Wildman–Crippen LogP) is 2.76. The normalized spacial score (nSPS) is 10.9. The lowest BCUT2D eigenvalue weighted by Gasteiger charge is -2.02. The van der Waals surface area contributed by atoms with Crippen molar-refractivity contribution < 1.29 is 10.2 Å². The Bertz CT molecular complexity index is 1250. The second kappa shape index (κ2) is 8.36. The number of aliphatic hydroxyl groups excluding tert-OH is 2. The van der Waals surface area contributed by atoms with E-state index in [2.05, 4.69) is 20.2 Å². The molecule has 29 heavy (non-hydrogen) atoms. The van der Waals surface area contributed by atoms with E-state index >= 15 is 0 Å². The summed E-state index contributed by atoms with van der Waals surface area (Å²) in [6.45, 7) is -0.152. The molecule has 0 aliphatic carbocycles. The number of imidazole rings is 2. The van der Waals surface area contributed by atoms with Crippen LogP contribution in [0.5, 0.6) is 0 Å². The number of aliphatic hydroxyl groups is 2. The van der Waals surface area contributed by atoms with E-state index in [0.717, 1.165) is 16.9 Å². The third-order valence-electron chi connectivity index (χ3n) is 4.23. The topological polar surface area (TPSA) is 101 Å². The third kappa shape index (κ3) is 3.95. The molecule has 0 saturated carbocycles. The molecule has 0 radical (unpaired) electrons. The van der Waals surface area contributed by atoms with Gasteiger partial charge < -0.3 is 10.2 Å². The number of hydrogen-bond donors (Lipinski definition) is 2. The molecule has 0 fully saturated rings. The highest BCUT2D eigenvalue weighted by atomic mass is 35.5. The molecule has 0 saturated heterocycles. The molecule has 0 unspecified atom stereocenters. The van der Waals surface area contributed by atoms with Gasteiger partial charge in [-0.15, -0.1) is 0 Å². The number of rotatable bonds is 3. The Morgan fingerprint density at radius 1 is 0.724 bits per heavy atom. The standard InChI is InChI=1S/C13H11N3O.C7H6ClN3O/c17-9-11-8-14-13-7-6-12(15-16(11)13)10-4-2-1-3-5-10;8-6-1-2-7-9-3-5(4-12)11(7)10-6/h1-8,17H,9H2;1-3,12H,4H2. The zero-order valence-corrected chi connectivity index (χ0v) is 16.0. The number of halogens is 1. The summed E-state index contributed by atoms with van der Waals surface area (Å²) in [4.78, 5) is 8.18. The molecule has 0 bridgehead atoms. The molecular formula is C20H17ClN6O2. The minimum Gasteiger partial charge on any atom is -0.390 e. The Hall–Kier alpha value is -3.33. The average molecular weight is 409 g/mol. The first-order chi connectivity index (χ1) is 14.2. The van der Waals surface area contributed by atoms with Gasteiger partial charge >= 0.3 is 0 Å². The fraction of sp³-hybridized carbons (Fsp3) is 0.100. The molecule has 1 aromatic carbocycles. The Kier molecular flexibility index (Phi) is 5.48. The van der Waals surface area contributed by atoms with Gasteiger partial charge in [0.2, 0.25) is 0 Å². The van der Waals surface area contributed by atoms with Gasteiger partial charge in [-0.2, -0.15) is 10.2 Å². The van der Waals surface area contributed by atoms with Gasteiger partial charge in [-0.05, 0) is 24.3 Å². The summed E-state index contributed by atoms with van der Waals surface area (Å²) in [5.41, 5.74) is 4.67. The van der Waals surface area contributed by atoms with Crippen LogP contribution in [0.2, 0.25) is 5.15 Å². The van der Waals surface area contributed by atoms with E-state index in [1.54, 1.807) is 29.0 Å². The maximum absolute atomic E-state index is 9.19. The number of hydrogen-bond acceptors (Lipinski definition) is 6.